The van der Waals surface area contributed by atoms with Crippen LogP contribution in [0.3, 0.4) is 0 Å². The Balaban J connectivity index is 1.36. The summed E-state index contributed by atoms with van der Waals surface area (Å²) in [6, 6.07) is 4.49. The van der Waals surface area contributed by atoms with Gasteiger partial charge in [0.25, 0.3) is 17.5 Å². The molecule has 3 aliphatic carbocycles. The molecule has 1 aromatic carbocycles. The number of nitrogens with one attached hydrogen (secondary N) is 1. The fraction of sp³-hybridized carbons (Fsp3) is 0.500. The highest BCUT2D eigenvalue weighted by Gasteiger charge is 2.71. The van der Waals surface area contributed by atoms with E-state index in [2.05, 4.69) is 15.3 Å². The van der Waals surface area contributed by atoms with Crippen LogP contribution in [0.25, 0.3) is 10.8 Å². The predicted molar refractivity (Wildman–Crippen MR) is 132 cm³/mol. The normalized spacial score (nSPS) is 26.1. The number of rotatable bonds is 6. The van der Waals surface area contributed by atoms with Crippen molar-refractivity contribution in [2.75, 3.05) is 31.6 Å². The van der Waals surface area contributed by atoms with Gasteiger partial charge in [0.2, 0.25) is 0 Å². The Bertz CT molecular complexity index is 1490. The number of alkyl halides is 2. The van der Waals surface area contributed by atoms with Gasteiger partial charge in [0.15, 0.2) is 5.82 Å². The van der Waals surface area contributed by atoms with E-state index in [4.69, 9.17) is 4.74 Å². The van der Waals surface area contributed by atoms with Crippen LogP contribution < -0.4 is 16.4 Å². The summed E-state index contributed by atoms with van der Waals surface area (Å²) in [5, 5.41) is 8.06. The molecule has 3 heterocycles. The van der Waals surface area contributed by atoms with Gasteiger partial charge in [0.1, 0.15) is 5.82 Å². The van der Waals surface area contributed by atoms with Crippen LogP contribution in [-0.4, -0.2) is 51.1 Å². The Labute approximate surface area is 210 Å². The average molecular weight is 516 g/mol. The van der Waals surface area contributed by atoms with Crippen LogP contribution in [0.15, 0.2) is 40.1 Å². The molecular weight excluding hydrogens is 487 g/mol. The van der Waals surface area contributed by atoms with E-state index in [1.54, 1.807) is 17.7 Å². The third kappa shape index (κ3) is 3.62. The standard InChI is InChI=1S/C26H28F3N5O3/c1-15(16-4-3-5-17(21(16)27)22(28)29)30-23-19-11-34(20(35)10-18(19)24(36)32(2)31-23)26-12-25(13-26,14-26)33-6-8-37-9-7-33/h3-5,10-11,15,22H,6-9,12-14H2,1-2H3,(H,30,31). The summed E-state index contributed by atoms with van der Waals surface area (Å²) in [5.41, 5.74) is -1.48. The molecule has 196 valence electrons. The lowest BCUT2D eigenvalue weighted by atomic mass is 9.43. The van der Waals surface area contributed by atoms with Gasteiger partial charge in [0.05, 0.1) is 35.7 Å². The summed E-state index contributed by atoms with van der Waals surface area (Å²) in [6.45, 7) is 4.84. The average Bonchev–Trinajstić information content (AvgIpc) is 2.82. The van der Waals surface area contributed by atoms with E-state index in [1.165, 1.54) is 25.2 Å². The van der Waals surface area contributed by atoms with Crippen molar-refractivity contribution in [3.05, 3.63) is 68.1 Å². The van der Waals surface area contributed by atoms with Crippen LogP contribution in [0.2, 0.25) is 0 Å². The van der Waals surface area contributed by atoms with Crippen molar-refractivity contribution in [1.82, 2.24) is 19.2 Å². The summed E-state index contributed by atoms with van der Waals surface area (Å²) >= 11 is 0. The third-order valence-electron chi connectivity index (χ3n) is 8.36. The Morgan fingerprint density at radius 3 is 2.41 bits per heavy atom. The van der Waals surface area contributed by atoms with Gasteiger partial charge in [0, 0.05) is 48.9 Å². The molecule has 0 radical (unpaired) electrons. The van der Waals surface area contributed by atoms with Crippen molar-refractivity contribution in [1.29, 1.82) is 0 Å². The number of halogens is 3. The third-order valence-corrected chi connectivity index (χ3v) is 8.36. The summed E-state index contributed by atoms with van der Waals surface area (Å²) < 4.78 is 49.6. The molecule has 4 aliphatic rings. The van der Waals surface area contributed by atoms with Crippen LogP contribution in [0.5, 0.6) is 0 Å². The van der Waals surface area contributed by atoms with Gasteiger partial charge in [-0.3, -0.25) is 14.5 Å². The van der Waals surface area contributed by atoms with Crippen molar-refractivity contribution in [3.63, 3.8) is 0 Å². The molecule has 37 heavy (non-hydrogen) atoms. The highest BCUT2D eigenvalue weighted by molar-refractivity contribution is 5.90. The number of hydrogen-bond donors (Lipinski definition) is 1. The first-order valence-corrected chi connectivity index (χ1v) is 12.4. The first-order valence-electron chi connectivity index (χ1n) is 12.4. The highest BCUT2D eigenvalue weighted by atomic mass is 19.3. The first kappa shape index (κ1) is 24.2. The lowest BCUT2D eigenvalue weighted by Crippen LogP contribution is -2.80. The van der Waals surface area contributed by atoms with Crippen LogP contribution in [0.4, 0.5) is 19.0 Å². The van der Waals surface area contributed by atoms with Gasteiger partial charge in [-0.2, -0.15) is 5.10 Å². The van der Waals surface area contributed by atoms with E-state index in [9.17, 15) is 22.8 Å². The lowest BCUT2D eigenvalue weighted by molar-refractivity contribution is -0.221. The van der Waals surface area contributed by atoms with Crippen molar-refractivity contribution >= 4 is 16.6 Å². The number of aromatic nitrogens is 3. The number of fused-ring (bicyclic) bond motifs is 1. The molecule has 0 spiro atoms. The fourth-order valence-electron chi connectivity index (χ4n) is 6.46. The lowest BCUT2D eigenvalue weighted by Gasteiger charge is -2.74. The molecule has 7 rings (SSSR count). The minimum atomic E-state index is -2.94. The van der Waals surface area contributed by atoms with E-state index in [0.29, 0.717) is 18.6 Å². The highest BCUT2D eigenvalue weighted by Crippen LogP contribution is 2.67. The van der Waals surface area contributed by atoms with Gasteiger partial charge in [-0.25, -0.2) is 17.9 Å². The van der Waals surface area contributed by atoms with Crippen LogP contribution in [0, 0.1) is 5.82 Å². The van der Waals surface area contributed by atoms with Crippen LogP contribution in [0.1, 0.15) is 49.8 Å². The maximum atomic E-state index is 14.8. The zero-order chi connectivity index (χ0) is 26.1. The van der Waals surface area contributed by atoms with Gasteiger partial charge in [-0.15, -0.1) is 0 Å². The quantitative estimate of drug-likeness (QED) is 0.543. The maximum Gasteiger partial charge on any atom is 0.274 e. The molecule has 1 saturated heterocycles. The smallest absolute Gasteiger partial charge is 0.274 e. The number of aryl methyl sites for hydroxylation is 1. The summed E-state index contributed by atoms with van der Waals surface area (Å²) in [7, 11) is 1.47. The second kappa shape index (κ2) is 8.42. The maximum absolute atomic E-state index is 14.8. The molecule has 1 aliphatic heterocycles. The number of hydrogen-bond acceptors (Lipinski definition) is 6. The summed E-state index contributed by atoms with van der Waals surface area (Å²) in [6.07, 6.45) is 1.30. The monoisotopic (exact) mass is 515 g/mol. The number of pyridine rings is 1. The number of ether oxygens (including phenoxy) is 1. The fourth-order valence-corrected chi connectivity index (χ4v) is 6.46. The molecule has 3 saturated carbocycles. The number of morpholine rings is 1. The van der Waals surface area contributed by atoms with Crippen LogP contribution >= 0.6 is 0 Å². The van der Waals surface area contributed by atoms with Gasteiger partial charge >= 0.3 is 0 Å². The molecule has 1 atom stereocenters. The Morgan fingerprint density at radius 1 is 1.05 bits per heavy atom. The van der Waals surface area contributed by atoms with E-state index in [0.717, 1.165) is 43.1 Å². The predicted octanol–water partition coefficient (Wildman–Crippen LogP) is 3.31. The molecule has 3 aromatic rings. The van der Waals surface area contributed by atoms with E-state index < -0.39 is 29.4 Å². The van der Waals surface area contributed by atoms with Gasteiger partial charge < -0.3 is 14.6 Å². The number of nitrogens with zero attached hydrogens (tertiary/aromatic N) is 4. The molecule has 1 unspecified atom stereocenters. The molecular formula is C26H28F3N5O3. The zero-order valence-electron chi connectivity index (χ0n) is 20.6. The van der Waals surface area contributed by atoms with E-state index in [1.807, 2.05) is 0 Å². The Kier molecular flexibility index (Phi) is 5.50. The molecule has 1 N–H and O–H groups in total. The van der Waals surface area contributed by atoms with Gasteiger partial charge in [-0.05, 0) is 26.2 Å². The number of benzene rings is 1. The van der Waals surface area contributed by atoms with E-state index in [-0.39, 0.29) is 33.4 Å². The first-order chi connectivity index (χ1) is 17.6. The molecule has 0 amide bonds. The van der Waals surface area contributed by atoms with Crippen molar-refractivity contribution in [3.8, 4) is 0 Å². The van der Waals surface area contributed by atoms with Crippen molar-refractivity contribution in [2.45, 2.75) is 49.7 Å². The molecule has 2 bridgehead atoms. The summed E-state index contributed by atoms with van der Waals surface area (Å²) in [5.74, 6) is -0.708. The minimum absolute atomic E-state index is 0.0572. The van der Waals surface area contributed by atoms with Crippen LogP contribution in [-0.2, 0) is 17.3 Å². The zero-order valence-corrected chi connectivity index (χ0v) is 20.6. The molecule has 8 nitrogen and oxygen atoms in total. The van der Waals surface area contributed by atoms with Crippen molar-refractivity contribution in [2.24, 2.45) is 7.05 Å². The van der Waals surface area contributed by atoms with E-state index >= 15 is 0 Å². The van der Waals surface area contributed by atoms with Gasteiger partial charge in [-0.1, -0.05) is 18.2 Å². The molecule has 11 heteroatoms. The summed E-state index contributed by atoms with van der Waals surface area (Å²) in [4.78, 5) is 28.5. The molecule has 2 aromatic heterocycles. The minimum Gasteiger partial charge on any atom is -0.379 e. The number of anilines is 1. The van der Waals surface area contributed by atoms with Crippen molar-refractivity contribution < 1.29 is 17.9 Å². The Morgan fingerprint density at radius 2 is 1.73 bits per heavy atom. The largest absolute Gasteiger partial charge is 0.379 e. The topological polar surface area (TPSA) is 81.4 Å². The SMILES string of the molecule is CC(Nc1nn(C)c(=O)c2cc(=O)n(C34CC(N5CCOCC5)(C3)C4)cc12)c1cccc(C(F)F)c1F. The molecule has 4 fully saturated rings. The second-order valence-electron chi connectivity index (χ2n) is 10.6. The Hall–Kier alpha value is -3.18. The second-order valence-corrected chi connectivity index (χ2v) is 10.6.